The Bertz CT molecular complexity index is 794. The Morgan fingerprint density at radius 3 is 2.84 bits per heavy atom. The summed E-state index contributed by atoms with van der Waals surface area (Å²) in [6.07, 6.45) is 1.28. The second kappa shape index (κ2) is 6.67. The maximum atomic E-state index is 12.7. The number of carbonyl (C=O) groups is 2. The molecule has 0 radical (unpaired) electrons. The molecule has 2 aromatic rings. The van der Waals surface area contributed by atoms with Crippen LogP contribution < -0.4 is 5.32 Å². The van der Waals surface area contributed by atoms with E-state index in [1.165, 1.54) is 0 Å². The molecule has 0 bridgehead atoms. The maximum absolute atomic E-state index is 12.7. The van der Waals surface area contributed by atoms with Crippen molar-refractivity contribution in [1.82, 2.24) is 10.2 Å². The van der Waals surface area contributed by atoms with Crippen molar-refractivity contribution in [1.29, 1.82) is 0 Å². The molecule has 2 amide bonds. The Morgan fingerprint density at radius 2 is 2.12 bits per heavy atom. The van der Waals surface area contributed by atoms with E-state index in [9.17, 15) is 9.59 Å². The molecule has 1 aromatic heterocycles. The van der Waals surface area contributed by atoms with Gasteiger partial charge in [0.25, 0.3) is 0 Å². The van der Waals surface area contributed by atoms with Crippen LogP contribution in [0.3, 0.4) is 0 Å². The van der Waals surface area contributed by atoms with Gasteiger partial charge in [0.05, 0.1) is 0 Å². The average Bonchev–Trinajstić information content (AvgIpc) is 3.32. The summed E-state index contributed by atoms with van der Waals surface area (Å²) >= 11 is 9.26. The van der Waals surface area contributed by atoms with Gasteiger partial charge in [0.2, 0.25) is 11.8 Å². The molecule has 7 heteroatoms. The Morgan fingerprint density at radius 1 is 1.32 bits per heavy atom. The minimum absolute atomic E-state index is 0.0741. The Kier molecular flexibility index (Phi) is 4.52. The zero-order valence-corrected chi connectivity index (χ0v) is 15.8. The number of hydrogen-bond acceptors (Lipinski definition) is 4. The highest BCUT2D eigenvalue weighted by Gasteiger charge is 2.57. The fourth-order valence-electron chi connectivity index (χ4n) is 3.49. The summed E-state index contributed by atoms with van der Waals surface area (Å²) in [4.78, 5) is 27.9. The van der Waals surface area contributed by atoms with Gasteiger partial charge in [-0.2, -0.15) is 0 Å². The van der Waals surface area contributed by atoms with Crippen molar-refractivity contribution in [2.45, 2.75) is 30.3 Å². The van der Waals surface area contributed by atoms with Gasteiger partial charge in [-0.3, -0.25) is 9.59 Å². The minimum atomic E-state index is -0.408. The van der Waals surface area contributed by atoms with Crippen LogP contribution in [-0.2, 0) is 21.0 Å². The summed E-state index contributed by atoms with van der Waals surface area (Å²) in [6, 6.07) is 11.1. The van der Waals surface area contributed by atoms with Crippen LogP contribution >= 0.6 is 34.7 Å². The predicted octanol–water partition coefficient (Wildman–Crippen LogP) is 3.61. The lowest BCUT2D eigenvalue weighted by Crippen LogP contribution is -2.49. The van der Waals surface area contributed by atoms with Crippen LogP contribution in [0.2, 0.25) is 5.02 Å². The number of thioether (sulfide) groups is 1. The molecular formula is C18H17ClN2O2S2. The first kappa shape index (κ1) is 16.9. The van der Waals surface area contributed by atoms with Gasteiger partial charge in [0.15, 0.2) is 0 Å². The molecule has 0 aliphatic carbocycles. The molecular weight excluding hydrogens is 376 g/mol. The maximum Gasteiger partial charge on any atom is 0.244 e. The number of hydrogen-bond donors (Lipinski definition) is 1. The molecule has 130 valence electrons. The molecule has 4 nitrogen and oxygen atoms in total. The number of amides is 2. The second-order valence-electron chi connectivity index (χ2n) is 6.20. The third-order valence-electron chi connectivity index (χ3n) is 4.72. The van der Waals surface area contributed by atoms with E-state index >= 15 is 0 Å². The van der Waals surface area contributed by atoms with Gasteiger partial charge in [-0.05, 0) is 35.6 Å². The first-order valence-electron chi connectivity index (χ1n) is 8.12. The van der Waals surface area contributed by atoms with Crippen LogP contribution in [0.1, 0.15) is 23.3 Å². The molecule has 2 fully saturated rings. The van der Waals surface area contributed by atoms with Gasteiger partial charge in [0.1, 0.15) is 10.9 Å². The van der Waals surface area contributed by atoms with E-state index in [4.69, 9.17) is 11.6 Å². The van der Waals surface area contributed by atoms with E-state index in [1.807, 2.05) is 28.5 Å². The number of thiophene rings is 1. The highest BCUT2D eigenvalue weighted by atomic mass is 35.5. The lowest BCUT2D eigenvalue weighted by atomic mass is 10.1. The van der Waals surface area contributed by atoms with E-state index in [1.54, 1.807) is 35.2 Å². The summed E-state index contributed by atoms with van der Waals surface area (Å²) in [6.45, 7) is 0.436. The van der Waals surface area contributed by atoms with Crippen LogP contribution in [0.25, 0.3) is 0 Å². The van der Waals surface area contributed by atoms with E-state index in [0.717, 1.165) is 16.9 Å². The molecule has 2 unspecified atom stereocenters. The zero-order chi connectivity index (χ0) is 17.4. The fourth-order valence-corrected chi connectivity index (χ4v) is 6.34. The van der Waals surface area contributed by atoms with Crippen LogP contribution in [-0.4, -0.2) is 28.5 Å². The van der Waals surface area contributed by atoms with Crippen molar-refractivity contribution in [3.05, 3.63) is 57.2 Å². The molecule has 25 heavy (non-hydrogen) atoms. The average molecular weight is 393 g/mol. The Balaban J connectivity index is 1.50. The van der Waals surface area contributed by atoms with Gasteiger partial charge in [-0.15, -0.1) is 23.1 Å². The summed E-state index contributed by atoms with van der Waals surface area (Å²) in [5, 5.41) is 5.67. The highest BCUT2D eigenvalue weighted by molar-refractivity contribution is 8.00. The molecule has 2 saturated heterocycles. The molecule has 2 aliphatic heterocycles. The zero-order valence-electron chi connectivity index (χ0n) is 13.4. The van der Waals surface area contributed by atoms with E-state index < -0.39 is 6.04 Å². The Hall–Kier alpha value is -1.50. The highest BCUT2D eigenvalue weighted by Crippen LogP contribution is 2.55. The monoisotopic (exact) mass is 392 g/mol. The molecule has 0 saturated carbocycles. The third-order valence-corrected chi connectivity index (χ3v) is 7.70. The van der Waals surface area contributed by atoms with Gasteiger partial charge >= 0.3 is 0 Å². The van der Waals surface area contributed by atoms with Crippen molar-refractivity contribution >= 4 is 46.5 Å². The van der Waals surface area contributed by atoms with Gasteiger partial charge in [0, 0.05) is 28.6 Å². The molecule has 4 rings (SSSR count). The van der Waals surface area contributed by atoms with Crippen molar-refractivity contribution in [2.24, 2.45) is 0 Å². The SMILES string of the molecule is O=C(NCc1ccc(Cl)cc1)C1CSC2(c3cccs3)CCC(=O)N12. The number of fused-ring (bicyclic) bond motifs is 1. The molecule has 2 aliphatic rings. The standard InChI is InChI=1S/C18H17ClN2O2S2/c19-13-5-3-12(4-6-13)10-20-17(23)14-11-25-18(15-2-1-9-24-15)8-7-16(22)21(14)18/h1-6,9,14H,7-8,10-11H2,(H,20,23). The molecule has 2 atom stereocenters. The van der Waals surface area contributed by atoms with Crippen LogP contribution in [0.5, 0.6) is 0 Å². The predicted molar refractivity (Wildman–Crippen MR) is 102 cm³/mol. The molecule has 1 aromatic carbocycles. The summed E-state index contributed by atoms with van der Waals surface area (Å²) in [5.41, 5.74) is 0.987. The second-order valence-corrected chi connectivity index (χ2v) is 8.88. The van der Waals surface area contributed by atoms with Gasteiger partial charge < -0.3 is 10.2 Å². The first-order chi connectivity index (χ1) is 12.1. The van der Waals surface area contributed by atoms with Crippen LogP contribution in [0, 0.1) is 0 Å². The van der Waals surface area contributed by atoms with E-state index in [0.29, 0.717) is 23.7 Å². The number of rotatable bonds is 4. The minimum Gasteiger partial charge on any atom is -0.350 e. The van der Waals surface area contributed by atoms with Crippen LogP contribution in [0.4, 0.5) is 0 Å². The topological polar surface area (TPSA) is 49.4 Å². The normalized spacial score (nSPS) is 25.2. The largest absolute Gasteiger partial charge is 0.350 e. The number of halogens is 1. The fraction of sp³-hybridized carbons (Fsp3) is 0.333. The lowest BCUT2D eigenvalue weighted by molar-refractivity contribution is -0.138. The van der Waals surface area contributed by atoms with Crippen LogP contribution in [0.15, 0.2) is 41.8 Å². The first-order valence-corrected chi connectivity index (χ1v) is 10.4. The van der Waals surface area contributed by atoms with Gasteiger partial charge in [-0.1, -0.05) is 29.8 Å². The van der Waals surface area contributed by atoms with Gasteiger partial charge in [-0.25, -0.2) is 0 Å². The lowest BCUT2D eigenvalue weighted by Gasteiger charge is -2.32. The Labute approximate surface area is 159 Å². The van der Waals surface area contributed by atoms with E-state index in [-0.39, 0.29) is 16.7 Å². The summed E-state index contributed by atoms with van der Waals surface area (Å²) in [7, 11) is 0. The number of nitrogens with one attached hydrogen (secondary N) is 1. The third kappa shape index (κ3) is 2.96. The molecule has 0 spiro atoms. The quantitative estimate of drug-likeness (QED) is 0.864. The van der Waals surface area contributed by atoms with Crippen molar-refractivity contribution in [3.8, 4) is 0 Å². The number of nitrogens with zero attached hydrogens (tertiary/aromatic N) is 1. The summed E-state index contributed by atoms with van der Waals surface area (Å²) in [5.74, 6) is 0.622. The van der Waals surface area contributed by atoms with Crippen molar-refractivity contribution < 1.29 is 9.59 Å². The number of benzene rings is 1. The van der Waals surface area contributed by atoms with Crippen molar-refractivity contribution in [2.75, 3.05) is 5.75 Å². The number of carbonyl (C=O) groups excluding carboxylic acids is 2. The smallest absolute Gasteiger partial charge is 0.244 e. The molecule has 3 heterocycles. The summed E-state index contributed by atoms with van der Waals surface area (Å²) < 4.78 is 0. The molecule has 1 N–H and O–H groups in total. The van der Waals surface area contributed by atoms with E-state index in [2.05, 4.69) is 11.4 Å². The van der Waals surface area contributed by atoms with Crippen molar-refractivity contribution in [3.63, 3.8) is 0 Å².